The number of rotatable bonds is 4. The van der Waals surface area contributed by atoms with E-state index in [0.717, 1.165) is 0 Å². The van der Waals surface area contributed by atoms with Gasteiger partial charge in [-0.05, 0) is 24.1 Å². The predicted octanol–water partition coefficient (Wildman–Crippen LogP) is 1.69. The van der Waals surface area contributed by atoms with E-state index in [9.17, 15) is 19.7 Å². The minimum absolute atomic E-state index is 0.0204. The number of benzene rings is 1. The average Bonchev–Trinajstić information content (AvgIpc) is 2.94. The zero-order valence-corrected chi connectivity index (χ0v) is 14.3. The fraction of sp³-hybridized carbons (Fsp3) is 0.467. The first-order chi connectivity index (χ1) is 11.3. The molecule has 0 saturated carbocycles. The summed E-state index contributed by atoms with van der Waals surface area (Å²) in [4.78, 5) is 37.4. The number of ether oxygens (including phenoxy) is 1. The standard InChI is InChI=1S/C15H19N3O5S/c1-16(2)14(19)13-7-12(24)8-17(13)15(20)23-9-10-3-5-11(6-4-10)18(21)22/h3-6,12-13,24H,7-9H2,1-2H3/t12?,13-/m0/s1. The second-order valence-electron chi connectivity index (χ2n) is 5.77. The summed E-state index contributed by atoms with van der Waals surface area (Å²) >= 11 is 4.35. The fourth-order valence-electron chi connectivity index (χ4n) is 2.49. The molecule has 2 amide bonds. The van der Waals surface area contributed by atoms with Gasteiger partial charge in [0, 0.05) is 38.0 Å². The van der Waals surface area contributed by atoms with E-state index in [1.54, 1.807) is 14.1 Å². The summed E-state index contributed by atoms with van der Waals surface area (Å²) in [7, 11) is 3.27. The number of thiol groups is 1. The summed E-state index contributed by atoms with van der Waals surface area (Å²) in [6, 6.07) is 5.17. The van der Waals surface area contributed by atoms with E-state index in [2.05, 4.69) is 12.6 Å². The van der Waals surface area contributed by atoms with Crippen LogP contribution in [0.4, 0.5) is 10.5 Å². The van der Waals surface area contributed by atoms with Crippen molar-refractivity contribution in [1.82, 2.24) is 9.80 Å². The molecule has 1 aliphatic heterocycles. The van der Waals surface area contributed by atoms with Crippen molar-refractivity contribution in [3.8, 4) is 0 Å². The van der Waals surface area contributed by atoms with E-state index in [1.807, 2.05) is 0 Å². The Morgan fingerprint density at radius 1 is 1.38 bits per heavy atom. The molecule has 1 aromatic rings. The summed E-state index contributed by atoms with van der Waals surface area (Å²) in [6.45, 7) is 0.319. The molecule has 130 valence electrons. The van der Waals surface area contributed by atoms with Crippen LogP contribution in [0, 0.1) is 10.1 Å². The first-order valence-electron chi connectivity index (χ1n) is 7.35. The molecular formula is C15H19N3O5S. The van der Waals surface area contributed by atoms with Gasteiger partial charge in [0.1, 0.15) is 12.6 Å². The Morgan fingerprint density at radius 3 is 2.54 bits per heavy atom. The molecule has 1 fully saturated rings. The maximum atomic E-state index is 12.3. The second kappa shape index (κ2) is 7.52. The number of hydrogen-bond donors (Lipinski definition) is 1. The zero-order valence-electron chi connectivity index (χ0n) is 13.4. The van der Waals surface area contributed by atoms with Crippen molar-refractivity contribution in [3.05, 3.63) is 39.9 Å². The van der Waals surface area contributed by atoms with E-state index >= 15 is 0 Å². The number of nitro groups is 1. The molecule has 1 aromatic carbocycles. The number of nitro benzene ring substituents is 1. The average molecular weight is 353 g/mol. The van der Waals surface area contributed by atoms with Crippen molar-refractivity contribution in [2.24, 2.45) is 0 Å². The van der Waals surface area contributed by atoms with Crippen molar-refractivity contribution in [2.45, 2.75) is 24.3 Å². The predicted molar refractivity (Wildman–Crippen MR) is 89.9 cm³/mol. The summed E-state index contributed by atoms with van der Waals surface area (Å²) in [5, 5.41) is 10.5. The third-order valence-corrected chi connectivity index (χ3v) is 4.12. The molecule has 1 aliphatic rings. The van der Waals surface area contributed by atoms with Crippen LogP contribution in [0.3, 0.4) is 0 Å². The van der Waals surface area contributed by atoms with Crippen LogP contribution >= 0.6 is 12.6 Å². The minimum atomic E-state index is -0.592. The Bertz CT molecular complexity index is 635. The molecule has 1 heterocycles. The van der Waals surface area contributed by atoms with Crippen LogP contribution in [0.15, 0.2) is 24.3 Å². The Balaban J connectivity index is 1.98. The lowest BCUT2D eigenvalue weighted by Gasteiger charge is -2.25. The fourth-order valence-corrected chi connectivity index (χ4v) is 2.87. The molecular weight excluding hydrogens is 334 g/mol. The van der Waals surface area contributed by atoms with Crippen LogP contribution < -0.4 is 0 Å². The number of carbonyl (C=O) groups excluding carboxylic acids is 2. The van der Waals surface area contributed by atoms with Gasteiger partial charge in [-0.1, -0.05) is 0 Å². The second-order valence-corrected chi connectivity index (χ2v) is 6.50. The van der Waals surface area contributed by atoms with Gasteiger partial charge < -0.3 is 9.64 Å². The van der Waals surface area contributed by atoms with E-state index < -0.39 is 17.1 Å². The van der Waals surface area contributed by atoms with Gasteiger partial charge in [-0.2, -0.15) is 12.6 Å². The van der Waals surface area contributed by atoms with Crippen LogP contribution in [0.2, 0.25) is 0 Å². The Morgan fingerprint density at radius 2 is 2.00 bits per heavy atom. The van der Waals surface area contributed by atoms with Crippen LogP contribution in [0.1, 0.15) is 12.0 Å². The highest BCUT2D eigenvalue weighted by atomic mass is 32.1. The third kappa shape index (κ3) is 4.16. The van der Waals surface area contributed by atoms with Crippen LogP contribution in [0.5, 0.6) is 0 Å². The SMILES string of the molecule is CN(C)C(=O)[C@@H]1CC(S)CN1C(=O)OCc1ccc([N+](=O)[O-])cc1. The molecule has 2 rings (SSSR count). The van der Waals surface area contributed by atoms with Gasteiger partial charge in [0.25, 0.3) is 5.69 Å². The molecule has 8 nitrogen and oxygen atoms in total. The van der Waals surface area contributed by atoms with Gasteiger partial charge in [-0.3, -0.25) is 19.8 Å². The summed E-state index contributed by atoms with van der Waals surface area (Å²) < 4.78 is 5.23. The van der Waals surface area contributed by atoms with Crippen LogP contribution in [0.25, 0.3) is 0 Å². The van der Waals surface area contributed by atoms with Gasteiger partial charge in [-0.15, -0.1) is 0 Å². The lowest BCUT2D eigenvalue weighted by Crippen LogP contribution is -2.45. The van der Waals surface area contributed by atoms with Gasteiger partial charge in [0.05, 0.1) is 4.92 Å². The molecule has 0 aliphatic carbocycles. The van der Waals surface area contributed by atoms with E-state index in [1.165, 1.54) is 34.1 Å². The number of carbonyl (C=O) groups is 2. The van der Waals surface area contributed by atoms with E-state index in [4.69, 9.17) is 4.74 Å². The smallest absolute Gasteiger partial charge is 0.410 e. The molecule has 0 N–H and O–H groups in total. The molecule has 0 bridgehead atoms. The number of hydrogen-bond acceptors (Lipinski definition) is 6. The molecule has 24 heavy (non-hydrogen) atoms. The summed E-state index contributed by atoms with van der Waals surface area (Å²) in [5.41, 5.74) is 0.602. The monoisotopic (exact) mass is 353 g/mol. The van der Waals surface area contributed by atoms with Gasteiger partial charge in [0.2, 0.25) is 5.91 Å². The van der Waals surface area contributed by atoms with Crippen molar-refractivity contribution in [1.29, 1.82) is 0 Å². The highest BCUT2D eigenvalue weighted by Gasteiger charge is 2.39. The van der Waals surface area contributed by atoms with E-state index in [-0.39, 0.29) is 23.5 Å². The van der Waals surface area contributed by atoms with Crippen molar-refractivity contribution >= 4 is 30.3 Å². The Kier molecular flexibility index (Phi) is 5.66. The maximum Gasteiger partial charge on any atom is 0.410 e. The maximum absolute atomic E-state index is 12.3. The Labute approximate surface area is 144 Å². The van der Waals surface area contributed by atoms with Gasteiger partial charge >= 0.3 is 6.09 Å². The topological polar surface area (TPSA) is 93.0 Å². The highest BCUT2D eigenvalue weighted by Crippen LogP contribution is 2.24. The summed E-state index contributed by atoms with van der Waals surface area (Å²) in [6.07, 6.45) is -0.114. The molecule has 0 aromatic heterocycles. The van der Waals surface area contributed by atoms with Crippen molar-refractivity contribution in [2.75, 3.05) is 20.6 Å². The Hall–Kier alpha value is -2.29. The van der Waals surface area contributed by atoms with Crippen LogP contribution in [-0.2, 0) is 16.1 Å². The van der Waals surface area contributed by atoms with Crippen molar-refractivity contribution in [3.63, 3.8) is 0 Å². The number of amides is 2. The normalized spacial score (nSPS) is 19.9. The number of nitrogens with zero attached hydrogens (tertiary/aromatic N) is 3. The first kappa shape index (κ1) is 18.1. The van der Waals surface area contributed by atoms with Crippen LogP contribution in [-0.4, -0.2) is 58.7 Å². The molecule has 1 saturated heterocycles. The molecule has 1 unspecified atom stereocenters. The molecule has 0 radical (unpaired) electrons. The summed E-state index contributed by atoms with van der Waals surface area (Å²) in [5.74, 6) is -0.168. The van der Waals surface area contributed by atoms with Gasteiger partial charge in [0.15, 0.2) is 0 Å². The van der Waals surface area contributed by atoms with Crippen molar-refractivity contribution < 1.29 is 19.2 Å². The number of likely N-dealkylation sites (tertiary alicyclic amines) is 1. The highest BCUT2D eigenvalue weighted by molar-refractivity contribution is 7.81. The molecule has 0 spiro atoms. The molecule has 2 atom stereocenters. The van der Waals surface area contributed by atoms with E-state index in [0.29, 0.717) is 18.5 Å². The minimum Gasteiger partial charge on any atom is -0.445 e. The number of likely N-dealkylation sites (N-methyl/N-ethyl adjacent to an activating group) is 1. The quantitative estimate of drug-likeness (QED) is 0.505. The van der Waals surface area contributed by atoms with Gasteiger partial charge in [-0.25, -0.2) is 4.79 Å². The molecule has 9 heteroatoms. The first-order valence-corrected chi connectivity index (χ1v) is 7.87. The zero-order chi connectivity index (χ0) is 17.9. The largest absolute Gasteiger partial charge is 0.445 e. The lowest BCUT2D eigenvalue weighted by atomic mass is 10.2. The third-order valence-electron chi connectivity index (χ3n) is 3.75. The lowest BCUT2D eigenvalue weighted by molar-refractivity contribution is -0.384. The number of non-ortho nitro benzene ring substituents is 1.